The van der Waals surface area contributed by atoms with Crippen molar-refractivity contribution in [1.29, 1.82) is 10.5 Å². The van der Waals surface area contributed by atoms with E-state index in [1.54, 1.807) is 37.3 Å². The van der Waals surface area contributed by atoms with E-state index in [1.165, 1.54) is 26.4 Å². The van der Waals surface area contributed by atoms with E-state index in [-0.39, 0.29) is 103 Å². The molecule has 0 amide bonds. The van der Waals surface area contributed by atoms with Gasteiger partial charge in [-0.3, -0.25) is 4.79 Å². The molecule has 73 heavy (non-hydrogen) atoms. The van der Waals surface area contributed by atoms with Crippen LogP contribution in [0.5, 0.6) is 0 Å². The molecule has 39 heteroatoms. The Labute approximate surface area is 516 Å². The van der Waals surface area contributed by atoms with E-state index in [0.717, 1.165) is 6.08 Å². The van der Waals surface area contributed by atoms with Crippen LogP contribution in [-0.2, 0) is 83.2 Å². The normalized spacial score (nSPS) is 10.7. The first-order valence-corrected chi connectivity index (χ1v) is 94.4. The molecule has 5 N–H and O–H groups in total. The monoisotopic (exact) mass is 2530 g/mol. The Morgan fingerprint density at radius 3 is 1.58 bits per heavy atom. The van der Waals surface area contributed by atoms with Crippen LogP contribution in [0.4, 0.5) is 0 Å². The molecule has 0 unspecified atom stereocenters. The molecule has 0 spiro atoms. The summed E-state index contributed by atoms with van der Waals surface area (Å²) in [5, 5.41) is 58.7. The van der Waals surface area contributed by atoms with E-state index in [2.05, 4.69) is 169 Å². The summed E-state index contributed by atoms with van der Waals surface area (Å²) in [6.45, 7) is -0.646. The number of carboxylic acids is 3. The van der Waals surface area contributed by atoms with E-state index in [1.807, 2.05) is 0 Å². The number of aromatic nitrogens is 3. The molecule has 0 aliphatic heterocycles. The van der Waals surface area contributed by atoms with Crippen molar-refractivity contribution in [2.24, 2.45) is 0 Å². The SMILES string of the molecule is C.CCC(=O)OC.COC(=O)COCC=O.I[I-]I(I)I(I)I(I)I(I)I(I)I.N#C/C(=C/COCC(=O)O)S(=O)(=O)c1ccccc1.N#Cc1n[nH]nc1COCC(=O)O.O=CCO.O=CCOCC(=O)O. The van der Waals surface area contributed by atoms with E-state index >= 15 is 0 Å². The smallest absolute Gasteiger partial charge is 0.329 e. The van der Waals surface area contributed by atoms with Crippen LogP contribution >= 0.6 is 170 Å². The van der Waals surface area contributed by atoms with Crippen LogP contribution in [0.3, 0.4) is 0 Å². The summed E-state index contributed by atoms with van der Waals surface area (Å²) in [7, 11) is -2.80. The number of hydrogen-bond acceptors (Lipinski definition) is 21. The number of ether oxygens (including phenoxy) is 6. The molecular weight excluding hydrogens is 2480 g/mol. The van der Waals surface area contributed by atoms with Gasteiger partial charge in [0.05, 0.1) is 38.9 Å². The zero-order valence-corrected chi connectivity index (χ0v) is 65.6. The summed E-state index contributed by atoms with van der Waals surface area (Å²) in [5.41, 5.74) is 0.425. The zero-order chi connectivity index (χ0) is 56.5. The largest absolute Gasteiger partial charge is 0.480 e. The molecule has 0 aliphatic carbocycles. The Hall–Kier alpha value is 2.68. The third-order valence-electron chi connectivity index (χ3n) is 5.26. The van der Waals surface area contributed by atoms with Crippen molar-refractivity contribution < 1.29 is 109 Å². The maximum Gasteiger partial charge on any atom is 0.329 e. The number of carbonyl (C=O) groups is 8. The van der Waals surface area contributed by atoms with Gasteiger partial charge in [-0.1, -0.05) is 32.5 Å². The van der Waals surface area contributed by atoms with E-state index in [9.17, 15) is 42.0 Å². The van der Waals surface area contributed by atoms with Crippen LogP contribution in [0.1, 0.15) is 32.2 Å². The number of methoxy groups -OCH3 is 2. The molecule has 0 radical (unpaired) electrons. The second kappa shape index (κ2) is 60.8. The first-order chi connectivity index (χ1) is 33.9. The number of nitriles is 2. The van der Waals surface area contributed by atoms with Crippen LogP contribution in [0.2, 0.25) is 0 Å². The number of hydrogen-bond donors (Lipinski definition) is 5. The number of nitrogens with zero attached hydrogens (tertiary/aromatic N) is 4. The number of aliphatic hydroxyl groups excluding tert-OH is 1. The van der Waals surface area contributed by atoms with Crippen LogP contribution < -0.4 is 13.3 Å². The minimum Gasteiger partial charge on any atom is -0.480 e. The number of carboxylic acid groups (broad SMARTS) is 3. The number of allylic oxidation sites excluding steroid dienone is 1. The quantitative estimate of drug-likeness (QED) is 0.0221. The first kappa shape index (κ1) is 86.9. The predicted molar refractivity (Wildman–Crippen MR) is 368 cm³/mol. The summed E-state index contributed by atoms with van der Waals surface area (Å²) < 4.78 is 50.7. The number of aldehydes is 3. The Morgan fingerprint density at radius 1 is 0.740 bits per heavy atom. The van der Waals surface area contributed by atoms with Gasteiger partial charge < -0.3 is 63.2 Å². The molecular formula is C34H47I13N5O20S-. The van der Waals surface area contributed by atoms with Gasteiger partial charge in [0.25, 0.3) is 0 Å². The fourth-order valence-electron chi connectivity index (χ4n) is 2.60. The molecule has 426 valence electrons. The van der Waals surface area contributed by atoms with Crippen LogP contribution in [0, 0.1) is 22.7 Å². The van der Waals surface area contributed by atoms with Crippen LogP contribution in [0.15, 0.2) is 46.2 Å². The summed E-state index contributed by atoms with van der Waals surface area (Å²) in [4.78, 5) is 77.6. The molecule has 0 atom stereocenters. The summed E-state index contributed by atoms with van der Waals surface area (Å²) in [6, 6.07) is 10.8. The van der Waals surface area contributed by atoms with E-state index in [0.29, 0.717) is 44.2 Å². The van der Waals surface area contributed by atoms with Crippen molar-refractivity contribution in [3.63, 3.8) is 0 Å². The number of H-pyrrole nitrogens is 1. The van der Waals surface area contributed by atoms with Crippen molar-refractivity contribution in [2.45, 2.75) is 32.3 Å². The standard InChI is InChI=1S/C12H11NO5S.C6H6N4O3.C5H8O4.C4H6O4.C4H8O2.C2H4O2.CH4.I13/c13-8-11(6-7-18-9-12(14)15)19(16,17)10-4-2-1-3-5-10;7-1-4-5(9-10-8-4)2-13-3-6(11)12;1-8-5(7)4-9-3-2-6;5-1-2-8-3-4(6)7;1-3-4(5)6-2;3-1-2-4;;1-8-10(4)12(6)13(7)11(5)9(2)3/h1-6H,7,9H2,(H,14,15);2-3H2,(H,11,12)(H,8,9,10);2H,3-4H2,1H3;1H,2-3H2,(H,6,7);3H2,1-2H3;1,4H,2H2;1H4;/q;;;;;;;-1/b11-6-;;;;;;;. The van der Waals surface area contributed by atoms with Crippen molar-refractivity contribution >= 4 is 228 Å². The fraction of sp³-hybridized carbons (Fsp3) is 0.412. The number of carbonyl (C=O) groups excluding carboxylic acids is 5. The summed E-state index contributed by atoms with van der Waals surface area (Å²) >= 11 is 21.0. The van der Waals surface area contributed by atoms with Crippen LogP contribution in [0.25, 0.3) is 0 Å². The minimum atomic E-state index is -3.88. The molecule has 0 aliphatic rings. The molecule has 1 heterocycles. The summed E-state index contributed by atoms with van der Waals surface area (Å²) in [6.07, 6.45) is 3.02. The average Bonchev–Trinajstić information content (AvgIpc) is 3.83. The van der Waals surface area contributed by atoms with Crippen molar-refractivity contribution in [3.8, 4) is 12.1 Å². The second-order valence-electron chi connectivity index (χ2n) is 10.00. The zero-order valence-electron chi connectivity index (χ0n) is 36.7. The van der Waals surface area contributed by atoms with Gasteiger partial charge in [-0.15, -0.1) is 5.10 Å². The number of esters is 2. The molecule has 25 nitrogen and oxygen atoms in total. The number of benzene rings is 1. The minimum absolute atomic E-state index is 0. The fourth-order valence-corrected chi connectivity index (χ4v) is 1470. The number of aliphatic carboxylic acids is 3. The van der Waals surface area contributed by atoms with Gasteiger partial charge in [-0.25, -0.2) is 27.6 Å². The Morgan fingerprint density at radius 2 is 1.21 bits per heavy atom. The van der Waals surface area contributed by atoms with Gasteiger partial charge in [-0.2, -0.15) is 20.8 Å². The molecule has 0 saturated carbocycles. The number of nitrogens with one attached hydrogen (secondary N) is 1. The molecule has 0 saturated heterocycles. The van der Waals surface area contributed by atoms with Gasteiger partial charge >= 0.3 is 213 Å². The third kappa shape index (κ3) is 55.0. The van der Waals surface area contributed by atoms with Gasteiger partial charge in [-0.05, 0) is 18.2 Å². The number of halogens is 13. The van der Waals surface area contributed by atoms with Gasteiger partial charge in [0.2, 0.25) is 9.84 Å². The molecule has 1 aromatic heterocycles. The third-order valence-corrected chi connectivity index (χ3v) is 750. The summed E-state index contributed by atoms with van der Waals surface area (Å²) in [5.74, 6) is -3.93. The topological polar surface area (TPSA) is 396 Å². The number of aromatic amines is 1. The van der Waals surface area contributed by atoms with Gasteiger partial charge in [0.15, 0.2) is 5.69 Å². The molecule has 0 fully saturated rings. The average molecular weight is 2530 g/mol. The number of rotatable bonds is 25. The van der Waals surface area contributed by atoms with Crippen molar-refractivity contribution in [1.82, 2.24) is 15.4 Å². The first-order valence-electron chi connectivity index (χ1n) is 17.5. The Bertz CT molecular complexity index is 2070. The molecule has 0 bridgehead atoms. The number of sulfone groups is 1. The second-order valence-corrected chi connectivity index (χ2v) is 272. The van der Waals surface area contributed by atoms with Crippen molar-refractivity contribution in [3.05, 3.63) is 52.7 Å². The molecule has 2 rings (SSSR count). The Kier molecular flexibility index (Phi) is 72.4. The predicted octanol–water partition coefficient (Wildman–Crippen LogP) is 6.92. The van der Waals surface area contributed by atoms with Gasteiger partial charge in [0.1, 0.15) is 81.2 Å². The molecule has 1 aromatic carbocycles. The van der Waals surface area contributed by atoms with Crippen molar-refractivity contribution in [2.75, 3.05) is 67.1 Å². The molecule has 2 aromatic rings. The van der Waals surface area contributed by atoms with E-state index < -0.39 is 58.4 Å². The Balaban J connectivity index is -0.000000187. The van der Waals surface area contributed by atoms with Crippen LogP contribution in [-0.4, -0.2) is 160 Å². The van der Waals surface area contributed by atoms with Gasteiger partial charge in [0, 0.05) is 6.42 Å². The maximum atomic E-state index is 12.0. The number of aliphatic hydroxyl groups is 1. The maximum absolute atomic E-state index is 12.0. The van der Waals surface area contributed by atoms with E-state index in [4.69, 9.17) is 40.5 Å².